The summed E-state index contributed by atoms with van der Waals surface area (Å²) in [6.07, 6.45) is 16.9. The van der Waals surface area contributed by atoms with E-state index in [-0.39, 0.29) is 0 Å². The third-order valence-electron chi connectivity index (χ3n) is 2.93. The van der Waals surface area contributed by atoms with Gasteiger partial charge in [-0.1, -0.05) is 56.2 Å². The highest BCUT2D eigenvalue weighted by atomic mass is 15.1. The lowest BCUT2D eigenvalue weighted by Crippen LogP contribution is -2.04. The van der Waals surface area contributed by atoms with Crippen molar-refractivity contribution in [3.05, 3.63) is 91.5 Å². The molecule has 0 atom stereocenters. The molecule has 0 spiro atoms. The molecule has 0 aliphatic heterocycles. The van der Waals surface area contributed by atoms with Crippen LogP contribution in [0.15, 0.2) is 85.8 Å². The van der Waals surface area contributed by atoms with Gasteiger partial charge in [0, 0.05) is 24.0 Å². The summed E-state index contributed by atoms with van der Waals surface area (Å²) in [6.45, 7) is 13.1. The molecule has 0 unspecified atom stereocenters. The third kappa shape index (κ3) is 6.18. The van der Waals surface area contributed by atoms with Crippen LogP contribution in [-0.2, 0) is 6.42 Å². The average Bonchev–Trinajstić information content (AvgIpc) is 2.55. The Labute approximate surface area is 133 Å². The first-order valence-corrected chi connectivity index (χ1v) is 7.18. The van der Waals surface area contributed by atoms with Crippen molar-refractivity contribution in [1.82, 2.24) is 9.97 Å². The van der Waals surface area contributed by atoms with Crippen LogP contribution in [-0.4, -0.2) is 9.97 Å². The lowest BCUT2D eigenvalue weighted by molar-refractivity contribution is 1.04. The van der Waals surface area contributed by atoms with E-state index in [1.54, 1.807) is 24.4 Å². The molecule has 1 rings (SSSR count). The number of allylic oxidation sites excluding steroid dienone is 8. The van der Waals surface area contributed by atoms with Crippen molar-refractivity contribution >= 4 is 5.95 Å². The number of nitrogens with zero attached hydrogens (tertiary/aromatic N) is 2. The molecule has 1 aromatic heterocycles. The topological polar surface area (TPSA) is 37.8 Å². The largest absolute Gasteiger partial charge is 0.324 e. The minimum atomic E-state index is 0.563. The molecule has 1 heterocycles. The average molecular weight is 293 g/mol. The van der Waals surface area contributed by atoms with Crippen LogP contribution in [0.3, 0.4) is 0 Å². The van der Waals surface area contributed by atoms with Gasteiger partial charge in [0.25, 0.3) is 0 Å². The van der Waals surface area contributed by atoms with Crippen LogP contribution in [0, 0.1) is 0 Å². The van der Waals surface area contributed by atoms with Crippen molar-refractivity contribution in [3.8, 4) is 0 Å². The van der Waals surface area contributed by atoms with Gasteiger partial charge in [-0.05, 0) is 31.1 Å². The Morgan fingerprint density at radius 2 is 2.00 bits per heavy atom. The highest BCUT2D eigenvalue weighted by Crippen LogP contribution is 2.10. The summed E-state index contributed by atoms with van der Waals surface area (Å²) in [5.74, 6) is 0.563. The fourth-order valence-corrected chi connectivity index (χ4v) is 1.66. The van der Waals surface area contributed by atoms with Crippen molar-refractivity contribution in [2.45, 2.75) is 19.8 Å². The van der Waals surface area contributed by atoms with E-state index in [0.29, 0.717) is 5.95 Å². The van der Waals surface area contributed by atoms with Gasteiger partial charge in [0.15, 0.2) is 0 Å². The van der Waals surface area contributed by atoms with E-state index in [2.05, 4.69) is 53.2 Å². The van der Waals surface area contributed by atoms with Crippen LogP contribution in [0.25, 0.3) is 0 Å². The van der Waals surface area contributed by atoms with Crippen LogP contribution in [0.5, 0.6) is 0 Å². The highest BCUT2D eigenvalue weighted by Gasteiger charge is 2.01. The molecule has 3 nitrogen and oxygen atoms in total. The summed E-state index contributed by atoms with van der Waals surface area (Å²) >= 11 is 0. The number of rotatable bonds is 9. The molecule has 0 fully saturated rings. The van der Waals surface area contributed by atoms with Gasteiger partial charge in [0.1, 0.15) is 0 Å². The van der Waals surface area contributed by atoms with Crippen molar-refractivity contribution in [1.29, 1.82) is 0 Å². The van der Waals surface area contributed by atoms with E-state index < -0.39 is 0 Å². The first-order valence-electron chi connectivity index (χ1n) is 7.18. The maximum atomic E-state index is 4.49. The molecule has 1 N–H and O–H groups in total. The summed E-state index contributed by atoms with van der Waals surface area (Å²) in [5, 5.41) is 3.16. The van der Waals surface area contributed by atoms with Crippen LogP contribution in [0.1, 0.15) is 19.0 Å². The van der Waals surface area contributed by atoms with Gasteiger partial charge in [0.05, 0.1) is 0 Å². The van der Waals surface area contributed by atoms with Crippen LogP contribution in [0.4, 0.5) is 5.95 Å². The second kappa shape index (κ2) is 10.1. The molecular formula is C19H23N3. The molecule has 22 heavy (non-hydrogen) atoms. The lowest BCUT2D eigenvalue weighted by atomic mass is 10.2. The zero-order valence-electron chi connectivity index (χ0n) is 13.1. The molecule has 0 saturated carbocycles. The predicted octanol–water partition coefficient (Wildman–Crippen LogP) is 4.77. The van der Waals surface area contributed by atoms with Gasteiger partial charge in [-0.3, -0.25) is 0 Å². The summed E-state index contributed by atoms with van der Waals surface area (Å²) in [6, 6.07) is 1.91. The molecule has 3 heteroatoms. The highest BCUT2D eigenvalue weighted by molar-refractivity contribution is 5.44. The molecule has 114 valence electrons. The number of hydrogen-bond donors (Lipinski definition) is 1. The molecule has 0 aromatic carbocycles. The molecule has 0 aliphatic rings. The van der Waals surface area contributed by atoms with Gasteiger partial charge in [-0.15, -0.1) is 0 Å². The Morgan fingerprint density at radius 3 is 2.68 bits per heavy atom. The minimum Gasteiger partial charge on any atom is -0.324 e. The molecule has 0 radical (unpaired) electrons. The fourth-order valence-electron chi connectivity index (χ4n) is 1.66. The first-order chi connectivity index (χ1) is 10.7. The minimum absolute atomic E-state index is 0.563. The van der Waals surface area contributed by atoms with Gasteiger partial charge in [-0.2, -0.15) is 0 Å². The van der Waals surface area contributed by atoms with Crippen molar-refractivity contribution in [2.75, 3.05) is 5.32 Å². The quantitative estimate of drug-likeness (QED) is 0.526. The fraction of sp³-hybridized carbons (Fsp3) is 0.158. The summed E-state index contributed by atoms with van der Waals surface area (Å²) in [5.41, 5.74) is 2.82. The summed E-state index contributed by atoms with van der Waals surface area (Å²) in [4.78, 5) is 8.72. The smallest absolute Gasteiger partial charge is 0.227 e. The van der Waals surface area contributed by atoms with Crippen molar-refractivity contribution < 1.29 is 0 Å². The summed E-state index contributed by atoms with van der Waals surface area (Å²) in [7, 11) is 0. The number of hydrogen-bond acceptors (Lipinski definition) is 3. The monoisotopic (exact) mass is 293 g/mol. The second-order valence-corrected chi connectivity index (χ2v) is 4.58. The normalized spacial score (nSPS) is 12.2. The third-order valence-corrected chi connectivity index (χ3v) is 2.93. The van der Waals surface area contributed by atoms with Crippen LogP contribution >= 0.6 is 0 Å². The van der Waals surface area contributed by atoms with E-state index in [1.807, 2.05) is 19.1 Å². The number of aromatic nitrogens is 2. The van der Waals surface area contributed by atoms with Crippen LogP contribution < -0.4 is 5.32 Å². The molecule has 1 aromatic rings. The van der Waals surface area contributed by atoms with Gasteiger partial charge in [0.2, 0.25) is 5.95 Å². The standard InChI is InChI=1S/C19H23N3/c1-5-8-9-10-11-12-13-17-14-15-20-19(21-17)22-18(7-3)16(4)6-2/h5-9,11-12,14-15H,1-3,10,13H2,4H3,(H,20,21,22)/b9-8-,12-11-,18-16+. The molecule has 0 amide bonds. The Kier molecular flexibility index (Phi) is 7.98. The second-order valence-electron chi connectivity index (χ2n) is 4.58. The Hall–Kier alpha value is -2.68. The molecular weight excluding hydrogens is 270 g/mol. The predicted molar refractivity (Wildman–Crippen MR) is 95.5 cm³/mol. The van der Waals surface area contributed by atoms with Gasteiger partial charge >= 0.3 is 0 Å². The first kappa shape index (κ1) is 17.4. The Morgan fingerprint density at radius 1 is 1.18 bits per heavy atom. The SMILES string of the molecule is C=C/C=C\C/C=C\Cc1ccnc(N/C(C=C)=C(\C)C=C)n1. The van der Waals surface area contributed by atoms with Gasteiger partial charge in [-0.25, -0.2) is 9.97 Å². The Balaban J connectivity index is 2.70. The van der Waals surface area contributed by atoms with E-state index in [4.69, 9.17) is 0 Å². The number of anilines is 1. The van der Waals surface area contributed by atoms with Crippen molar-refractivity contribution in [2.24, 2.45) is 0 Å². The van der Waals surface area contributed by atoms with Gasteiger partial charge < -0.3 is 5.32 Å². The van der Waals surface area contributed by atoms with E-state index >= 15 is 0 Å². The van der Waals surface area contributed by atoms with E-state index in [0.717, 1.165) is 29.8 Å². The number of nitrogens with one attached hydrogen (secondary N) is 1. The maximum absolute atomic E-state index is 4.49. The van der Waals surface area contributed by atoms with E-state index in [9.17, 15) is 0 Å². The molecule has 0 saturated heterocycles. The molecule has 0 aliphatic carbocycles. The Bertz CT molecular complexity index is 607. The maximum Gasteiger partial charge on any atom is 0.227 e. The zero-order valence-corrected chi connectivity index (χ0v) is 13.1. The lowest BCUT2D eigenvalue weighted by Gasteiger charge is -2.08. The van der Waals surface area contributed by atoms with E-state index in [1.165, 1.54) is 0 Å². The summed E-state index contributed by atoms with van der Waals surface area (Å²) < 4.78 is 0. The van der Waals surface area contributed by atoms with Crippen LogP contribution in [0.2, 0.25) is 0 Å². The zero-order chi connectivity index (χ0) is 16.2. The van der Waals surface area contributed by atoms with Crippen molar-refractivity contribution in [3.63, 3.8) is 0 Å². The molecule has 0 bridgehead atoms.